The van der Waals surface area contributed by atoms with Gasteiger partial charge in [0.2, 0.25) is 0 Å². The SMILES string of the molecule is CC(C)(C)[C@@H]1C[C@H](C(F)(F)F)n2nc(C3CCN(Cc4cccnc4)CC3)cc2N1. The van der Waals surface area contributed by atoms with Crippen LogP contribution in [0.3, 0.4) is 0 Å². The molecule has 4 heterocycles. The van der Waals surface area contributed by atoms with E-state index in [1.165, 1.54) is 10.2 Å². The van der Waals surface area contributed by atoms with Gasteiger partial charge >= 0.3 is 6.18 Å². The van der Waals surface area contributed by atoms with E-state index in [0.29, 0.717) is 5.82 Å². The quantitative estimate of drug-likeness (QED) is 0.758. The van der Waals surface area contributed by atoms with E-state index in [1.54, 1.807) is 6.20 Å². The summed E-state index contributed by atoms with van der Waals surface area (Å²) in [4.78, 5) is 6.53. The summed E-state index contributed by atoms with van der Waals surface area (Å²) in [6.07, 6.45) is 1.14. The van der Waals surface area contributed by atoms with Crippen molar-refractivity contribution in [3.8, 4) is 0 Å². The topological polar surface area (TPSA) is 46.0 Å². The highest BCUT2D eigenvalue weighted by molar-refractivity contribution is 5.42. The van der Waals surface area contributed by atoms with Crippen molar-refractivity contribution in [3.63, 3.8) is 0 Å². The zero-order valence-corrected chi connectivity index (χ0v) is 17.8. The number of alkyl halides is 3. The number of pyridine rings is 1. The highest BCUT2D eigenvalue weighted by atomic mass is 19.4. The summed E-state index contributed by atoms with van der Waals surface area (Å²) in [5.41, 5.74) is 1.69. The van der Waals surface area contributed by atoms with Crippen LogP contribution < -0.4 is 5.32 Å². The second kappa shape index (κ2) is 7.87. The number of piperidine rings is 1. The molecule has 1 N–H and O–H groups in total. The van der Waals surface area contributed by atoms with E-state index < -0.39 is 12.2 Å². The fourth-order valence-electron chi connectivity index (χ4n) is 4.50. The molecule has 1 saturated heterocycles. The van der Waals surface area contributed by atoms with Crippen molar-refractivity contribution in [1.82, 2.24) is 19.7 Å². The van der Waals surface area contributed by atoms with Crippen molar-refractivity contribution < 1.29 is 13.2 Å². The number of nitrogens with one attached hydrogen (secondary N) is 1. The maximum absolute atomic E-state index is 13.8. The molecule has 1 fully saturated rings. The molecule has 0 bridgehead atoms. The van der Waals surface area contributed by atoms with E-state index in [9.17, 15) is 13.2 Å². The van der Waals surface area contributed by atoms with Crippen molar-refractivity contribution >= 4 is 5.82 Å². The average Bonchev–Trinajstić information content (AvgIpc) is 3.11. The number of aromatic nitrogens is 3. The fourth-order valence-corrected chi connectivity index (χ4v) is 4.50. The zero-order chi connectivity index (χ0) is 21.5. The van der Waals surface area contributed by atoms with Gasteiger partial charge in [0.25, 0.3) is 0 Å². The van der Waals surface area contributed by atoms with Crippen LogP contribution in [0.1, 0.15) is 63.3 Å². The first kappa shape index (κ1) is 21.2. The molecule has 2 aliphatic heterocycles. The molecule has 0 radical (unpaired) electrons. The van der Waals surface area contributed by atoms with Gasteiger partial charge in [-0.25, -0.2) is 4.68 Å². The van der Waals surface area contributed by atoms with E-state index in [2.05, 4.69) is 26.4 Å². The minimum absolute atomic E-state index is 0.00464. The summed E-state index contributed by atoms with van der Waals surface area (Å²) in [7, 11) is 0. The molecule has 0 aromatic carbocycles. The van der Waals surface area contributed by atoms with Crippen molar-refractivity contribution in [2.24, 2.45) is 5.41 Å². The lowest BCUT2D eigenvalue weighted by Crippen LogP contribution is -2.44. The Balaban J connectivity index is 1.47. The largest absolute Gasteiger partial charge is 0.410 e. The monoisotopic (exact) mass is 421 g/mol. The van der Waals surface area contributed by atoms with E-state index in [1.807, 2.05) is 39.1 Å². The molecule has 0 aliphatic carbocycles. The Bertz CT molecular complexity index is 848. The average molecular weight is 422 g/mol. The third kappa shape index (κ3) is 4.48. The summed E-state index contributed by atoms with van der Waals surface area (Å²) >= 11 is 0. The number of anilines is 1. The van der Waals surface area contributed by atoms with Crippen LogP contribution in [0.5, 0.6) is 0 Å². The minimum atomic E-state index is -4.31. The standard InChI is InChI=1S/C22H30F3N5/c1-21(2,3)18-12-19(22(23,24)25)30-20(27-18)11-17(28-30)16-6-9-29(10-7-16)14-15-5-4-8-26-13-15/h4-5,8,11,13,16,18-19,27H,6-7,9-10,12,14H2,1-3H3/t18-,19+/m0/s1. The van der Waals surface area contributed by atoms with Gasteiger partial charge in [-0.1, -0.05) is 26.8 Å². The molecule has 8 heteroatoms. The minimum Gasteiger partial charge on any atom is -0.367 e. The summed E-state index contributed by atoms with van der Waals surface area (Å²) in [6, 6.07) is 4.03. The molecule has 0 saturated carbocycles. The Labute approximate surface area is 175 Å². The van der Waals surface area contributed by atoms with Crippen LogP contribution in [0, 0.1) is 5.41 Å². The normalized spacial score (nSPS) is 23.8. The summed E-state index contributed by atoms with van der Waals surface area (Å²) in [5, 5.41) is 7.78. The molecule has 0 amide bonds. The molecule has 164 valence electrons. The van der Waals surface area contributed by atoms with Gasteiger partial charge in [-0.15, -0.1) is 0 Å². The van der Waals surface area contributed by atoms with Gasteiger partial charge in [-0.2, -0.15) is 18.3 Å². The molecular formula is C22H30F3N5. The zero-order valence-electron chi connectivity index (χ0n) is 17.8. The lowest BCUT2D eigenvalue weighted by Gasteiger charge is -2.39. The van der Waals surface area contributed by atoms with Crippen molar-refractivity contribution in [3.05, 3.63) is 41.9 Å². The highest BCUT2D eigenvalue weighted by Gasteiger charge is 2.48. The Kier molecular flexibility index (Phi) is 5.55. The Hall–Kier alpha value is -2.09. The molecular weight excluding hydrogens is 391 g/mol. The Morgan fingerprint density at radius 3 is 2.50 bits per heavy atom. The smallest absolute Gasteiger partial charge is 0.367 e. The van der Waals surface area contributed by atoms with E-state index in [4.69, 9.17) is 0 Å². The number of hydrogen-bond acceptors (Lipinski definition) is 4. The van der Waals surface area contributed by atoms with Gasteiger partial charge in [0.05, 0.1) is 5.69 Å². The van der Waals surface area contributed by atoms with Gasteiger partial charge in [0, 0.05) is 37.0 Å². The van der Waals surface area contributed by atoms with E-state index in [0.717, 1.165) is 38.2 Å². The lowest BCUT2D eigenvalue weighted by atomic mass is 9.82. The second-order valence-electron chi connectivity index (χ2n) is 9.67. The molecule has 4 rings (SSSR count). The second-order valence-corrected chi connectivity index (χ2v) is 9.67. The van der Waals surface area contributed by atoms with Crippen LogP contribution in [0.2, 0.25) is 0 Å². The van der Waals surface area contributed by atoms with Gasteiger partial charge in [-0.05, 0) is 49.4 Å². The first-order valence-electron chi connectivity index (χ1n) is 10.7. The molecule has 2 atom stereocenters. The van der Waals surface area contributed by atoms with Crippen LogP contribution in [0.15, 0.2) is 30.6 Å². The lowest BCUT2D eigenvalue weighted by molar-refractivity contribution is -0.175. The molecule has 2 aliphatic rings. The van der Waals surface area contributed by atoms with E-state index >= 15 is 0 Å². The number of hydrogen-bond donors (Lipinski definition) is 1. The van der Waals surface area contributed by atoms with Gasteiger partial charge < -0.3 is 5.32 Å². The maximum Gasteiger partial charge on any atom is 0.410 e. The van der Waals surface area contributed by atoms with Crippen LogP contribution in [0.25, 0.3) is 0 Å². The summed E-state index contributed by atoms with van der Waals surface area (Å²) in [5.74, 6) is 0.688. The van der Waals surface area contributed by atoms with Crippen LogP contribution in [0.4, 0.5) is 19.0 Å². The van der Waals surface area contributed by atoms with Crippen LogP contribution in [-0.4, -0.2) is 45.0 Å². The van der Waals surface area contributed by atoms with Crippen LogP contribution in [-0.2, 0) is 6.54 Å². The summed E-state index contributed by atoms with van der Waals surface area (Å²) in [6.45, 7) is 8.59. The highest BCUT2D eigenvalue weighted by Crippen LogP contribution is 2.44. The number of fused-ring (bicyclic) bond motifs is 1. The number of halogens is 3. The third-order valence-corrected chi connectivity index (χ3v) is 6.39. The summed E-state index contributed by atoms with van der Waals surface area (Å²) < 4.78 is 42.6. The molecule has 5 nitrogen and oxygen atoms in total. The first-order chi connectivity index (χ1) is 14.1. The molecule has 0 spiro atoms. The molecule has 30 heavy (non-hydrogen) atoms. The fraction of sp³-hybridized carbons (Fsp3) is 0.636. The maximum atomic E-state index is 13.8. The third-order valence-electron chi connectivity index (χ3n) is 6.39. The van der Waals surface area contributed by atoms with Gasteiger partial charge in [0.1, 0.15) is 5.82 Å². The van der Waals surface area contributed by atoms with Gasteiger partial charge in [0.15, 0.2) is 6.04 Å². The number of likely N-dealkylation sites (tertiary alicyclic amines) is 1. The molecule has 0 unspecified atom stereocenters. The molecule has 2 aromatic rings. The predicted octanol–water partition coefficient (Wildman–Crippen LogP) is 4.99. The van der Waals surface area contributed by atoms with E-state index in [-0.39, 0.29) is 23.8 Å². The van der Waals surface area contributed by atoms with Crippen molar-refractivity contribution in [2.45, 2.75) is 70.8 Å². The number of rotatable bonds is 3. The first-order valence-corrected chi connectivity index (χ1v) is 10.7. The Morgan fingerprint density at radius 1 is 1.17 bits per heavy atom. The van der Waals surface area contributed by atoms with Crippen molar-refractivity contribution in [2.75, 3.05) is 18.4 Å². The molecule has 2 aromatic heterocycles. The van der Waals surface area contributed by atoms with Gasteiger partial charge in [-0.3, -0.25) is 9.88 Å². The predicted molar refractivity (Wildman–Crippen MR) is 110 cm³/mol. The van der Waals surface area contributed by atoms with Crippen molar-refractivity contribution in [1.29, 1.82) is 0 Å². The van der Waals surface area contributed by atoms with Crippen LogP contribution >= 0.6 is 0 Å². The number of nitrogens with zero attached hydrogens (tertiary/aromatic N) is 4. The Morgan fingerprint density at radius 2 is 1.90 bits per heavy atom.